The number of hydrogen-bond donors (Lipinski definition) is 3. The van der Waals surface area contributed by atoms with Gasteiger partial charge < -0.3 is 20.8 Å². The van der Waals surface area contributed by atoms with Crippen LogP contribution in [0.2, 0.25) is 0 Å². The number of nitrogens with one attached hydrogen (secondary N) is 2. The number of halogens is 1. The lowest BCUT2D eigenvalue weighted by Crippen LogP contribution is -2.40. The Bertz CT molecular complexity index is 450. The maximum Gasteiger partial charge on any atom is 0.287 e. The van der Waals surface area contributed by atoms with Crippen molar-refractivity contribution in [3.63, 3.8) is 0 Å². The van der Waals surface area contributed by atoms with Gasteiger partial charge in [-0.15, -0.1) is 12.4 Å². The van der Waals surface area contributed by atoms with Gasteiger partial charge in [-0.05, 0) is 31.4 Å². The lowest BCUT2D eigenvalue weighted by Gasteiger charge is -2.25. The highest BCUT2D eigenvalue weighted by Crippen LogP contribution is 2.22. The number of carbonyl (C=O) groups is 2. The van der Waals surface area contributed by atoms with Crippen molar-refractivity contribution in [2.24, 2.45) is 11.7 Å². The second-order valence-electron chi connectivity index (χ2n) is 5.15. The van der Waals surface area contributed by atoms with Crippen molar-refractivity contribution in [2.75, 3.05) is 13.1 Å². The van der Waals surface area contributed by atoms with Gasteiger partial charge >= 0.3 is 0 Å². The van der Waals surface area contributed by atoms with Gasteiger partial charge in [0.05, 0.1) is 6.26 Å². The van der Waals surface area contributed by atoms with Crippen LogP contribution in [0.25, 0.3) is 0 Å². The summed E-state index contributed by atoms with van der Waals surface area (Å²) in [6, 6.07) is 3.39. The Morgan fingerprint density at radius 3 is 2.71 bits per heavy atom. The molecule has 0 bridgehead atoms. The first-order chi connectivity index (χ1) is 9.66. The smallest absolute Gasteiger partial charge is 0.287 e. The third-order valence-corrected chi connectivity index (χ3v) is 3.54. The van der Waals surface area contributed by atoms with Crippen molar-refractivity contribution in [1.29, 1.82) is 0 Å². The summed E-state index contributed by atoms with van der Waals surface area (Å²) < 4.78 is 4.97. The molecule has 0 radical (unpaired) electrons. The molecule has 1 aromatic rings. The first-order valence-electron chi connectivity index (χ1n) is 7.02. The zero-order chi connectivity index (χ0) is 14.4. The van der Waals surface area contributed by atoms with Gasteiger partial charge in [0.25, 0.3) is 5.91 Å². The fourth-order valence-electron chi connectivity index (χ4n) is 2.47. The molecule has 1 fully saturated rings. The van der Waals surface area contributed by atoms with E-state index in [1.54, 1.807) is 12.1 Å². The van der Waals surface area contributed by atoms with E-state index in [4.69, 9.17) is 10.2 Å². The van der Waals surface area contributed by atoms with Gasteiger partial charge in [0.1, 0.15) is 0 Å². The standard InChI is InChI=1S/C14H21N3O3.ClH/c15-11-4-1-3-10(9-11)13(18)16-6-7-17-14(19)12-5-2-8-20-12;/h2,5,8,10-11H,1,3-4,6-7,9,15H2,(H,16,18)(H,17,19);1H. The van der Waals surface area contributed by atoms with Crippen molar-refractivity contribution >= 4 is 24.2 Å². The minimum Gasteiger partial charge on any atom is -0.459 e. The molecule has 6 nitrogen and oxygen atoms in total. The average molecular weight is 316 g/mol. The minimum atomic E-state index is -0.274. The van der Waals surface area contributed by atoms with E-state index >= 15 is 0 Å². The van der Waals surface area contributed by atoms with Crippen LogP contribution in [0.1, 0.15) is 36.2 Å². The molecular formula is C14H22ClN3O3. The van der Waals surface area contributed by atoms with Gasteiger partial charge in [-0.25, -0.2) is 0 Å². The van der Waals surface area contributed by atoms with E-state index < -0.39 is 0 Å². The molecule has 0 spiro atoms. The predicted molar refractivity (Wildman–Crippen MR) is 81.2 cm³/mol. The van der Waals surface area contributed by atoms with E-state index in [-0.39, 0.29) is 41.9 Å². The van der Waals surface area contributed by atoms with Crippen LogP contribution in [0.4, 0.5) is 0 Å². The largest absolute Gasteiger partial charge is 0.459 e. The fourth-order valence-corrected chi connectivity index (χ4v) is 2.47. The normalized spacial score (nSPS) is 21.2. The van der Waals surface area contributed by atoms with E-state index in [1.807, 2.05) is 0 Å². The van der Waals surface area contributed by atoms with E-state index in [0.29, 0.717) is 13.1 Å². The summed E-state index contributed by atoms with van der Waals surface area (Å²) in [5, 5.41) is 5.51. The number of amides is 2. The number of carbonyl (C=O) groups excluding carboxylic acids is 2. The molecule has 2 unspecified atom stereocenters. The van der Waals surface area contributed by atoms with Gasteiger partial charge in [0.15, 0.2) is 5.76 Å². The number of rotatable bonds is 5. The Kier molecular flexibility index (Phi) is 7.25. The van der Waals surface area contributed by atoms with Crippen molar-refractivity contribution in [3.05, 3.63) is 24.2 Å². The minimum absolute atomic E-state index is 0. The summed E-state index contributed by atoms with van der Waals surface area (Å²) in [4.78, 5) is 23.5. The molecule has 2 amide bonds. The summed E-state index contributed by atoms with van der Waals surface area (Å²) in [7, 11) is 0. The third-order valence-electron chi connectivity index (χ3n) is 3.54. The Morgan fingerprint density at radius 1 is 1.29 bits per heavy atom. The predicted octanol–water partition coefficient (Wildman–Crippen LogP) is 1.06. The fraction of sp³-hybridized carbons (Fsp3) is 0.571. The molecule has 0 aliphatic heterocycles. The van der Waals surface area contributed by atoms with Crippen LogP contribution in [0, 0.1) is 5.92 Å². The van der Waals surface area contributed by atoms with Crippen LogP contribution in [0.3, 0.4) is 0 Å². The highest BCUT2D eigenvalue weighted by Gasteiger charge is 2.24. The highest BCUT2D eigenvalue weighted by atomic mass is 35.5. The Morgan fingerprint density at radius 2 is 2.05 bits per heavy atom. The topological polar surface area (TPSA) is 97.4 Å². The second-order valence-corrected chi connectivity index (χ2v) is 5.15. The molecule has 1 aliphatic rings. The van der Waals surface area contributed by atoms with Crippen molar-refractivity contribution in [2.45, 2.75) is 31.7 Å². The van der Waals surface area contributed by atoms with E-state index in [1.165, 1.54) is 6.26 Å². The first kappa shape index (κ1) is 17.5. The van der Waals surface area contributed by atoms with E-state index in [0.717, 1.165) is 25.7 Å². The van der Waals surface area contributed by atoms with Crippen LogP contribution >= 0.6 is 12.4 Å². The summed E-state index contributed by atoms with van der Waals surface area (Å²) in [5.41, 5.74) is 5.86. The molecule has 2 rings (SSSR count). The highest BCUT2D eigenvalue weighted by molar-refractivity contribution is 5.91. The maximum atomic E-state index is 11.9. The van der Waals surface area contributed by atoms with Crippen LogP contribution in [0.5, 0.6) is 0 Å². The number of nitrogens with two attached hydrogens (primary N) is 1. The third kappa shape index (κ3) is 5.40. The van der Waals surface area contributed by atoms with Crippen LogP contribution in [0.15, 0.2) is 22.8 Å². The molecule has 7 heteroatoms. The molecule has 2 atom stereocenters. The molecular weight excluding hydrogens is 294 g/mol. The lowest BCUT2D eigenvalue weighted by molar-refractivity contribution is -0.126. The zero-order valence-electron chi connectivity index (χ0n) is 11.8. The van der Waals surface area contributed by atoms with Crippen molar-refractivity contribution < 1.29 is 14.0 Å². The van der Waals surface area contributed by atoms with Gasteiger partial charge in [0, 0.05) is 25.0 Å². The molecule has 1 saturated carbocycles. The summed E-state index contributed by atoms with van der Waals surface area (Å²) >= 11 is 0. The van der Waals surface area contributed by atoms with Gasteiger partial charge in [0.2, 0.25) is 5.91 Å². The molecule has 1 heterocycles. The van der Waals surface area contributed by atoms with Gasteiger partial charge in [-0.3, -0.25) is 9.59 Å². The van der Waals surface area contributed by atoms with Crippen molar-refractivity contribution in [1.82, 2.24) is 10.6 Å². The molecule has 4 N–H and O–H groups in total. The lowest BCUT2D eigenvalue weighted by atomic mass is 9.85. The molecule has 118 valence electrons. The average Bonchev–Trinajstić information content (AvgIpc) is 2.97. The first-order valence-corrected chi connectivity index (χ1v) is 7.02. The van der Waals surface area contributed by atoms with E-state index in [2.05, 4.69) is 10.6 Å². The van der Waals surface area contributed by atoms with Crippen LogP contribution in [-0.4, -0.2) is 30.9 Å². The van der Waals surface area contributed by atoms with Crippen molar-refractivity contribution in [3.8, 4) is 0 Å². The van der Waals surface area contributed by atoms with Gasteiger partial charge in [-0.2, -0.15) is 0 Å². The molecule has 0 aromatic carbocycles. The quantitative estimate of drug-likeness (QED) is 0.708. The van der Waals surface area contributed by atoms with Crippen LogP contribution < -0.4 is 16.4 Å². The Hall–Kier alpha value is -1.53. The number of hydrogen-bond acceptors (Lipinski definition) is 4. The Balaban J connectivity index is 0.00000220. The number of furan rings is 1. The second kappa shape index (κ2) is 8.69. The summed E-state index contributed by atoms with van der Waals surface area (Å²) in [5.74, 6) is 0.0467. The summed E-state index contributed by atoms with van der Waals surface area (Å²) in [6.45, 7) is 0.793. The van der Waals surface area contributed by atoms with Gasteiger partial charge in [-0.1, -0.05) is 6.42 Å². The monoisotopic (exact) mass is 315 g/mol. The van der Waals surface area contributed by atoms with Crippen LogP contribution in [-0.2, 0) is 4.79 Å². The molecule has 1 aliphatic carbocycles. The molecule has 1 aromatic heterocycles. The zero-order valence-corrected chi connectivity index (χ0v) is 12.7. The van der Waals surface area contributed by atoms with E-state index in [9.17, 15) is 9.59 Å². The molecule has 0 saturated heterocycles. The maximum absolute atomic E-state index is 11.9. The SMILES string of the molecule is Cl.NC1CCCC(C(=O)NCCNC(=O)c2ccco2)C1. The molecule has 21 heavy (non-hydrogen) atoms. The Labute approximate surface area is 130 Å². The summed E-state index contributed by atoms with van der Waals surface area (Å²) in [6.07, 6.45) is 5.11.